The number of nitrogens with one attached hydrogen (secondary N) is 1. The quantitative estimate of drug-likeness (QED) is 0.859. The molecule has 1 atom stereocenters. The van der Waals surface area contributed by atoms with E-state index in [4.69, 9.17) is 0 Å². The van der Waals surface area contributed by atoms with E-state index >= 15 is 0 Å². The van der Waals surface area contributed by atoms with Crippen molar-refractivity contribution in [2.75, 3.05) is 19.3 Å². The molecule has 0 aromatic rings. The fourth-order valence-electron chi connectivity index (χ4n) is 3.31. The molecule has 1 N–H and O–H groups in total. The Labute approximate surface area is 122 Å². The van der Waals surface area contributed by atoms with E-state index in [1.54, 1.807) is 0 Å². The molecule has 0 radical (unpaired) electrons. The molecular weight excluding hydrogens is 276 g/mol. The van der Waals surface area contributed by atoms with Gasteiger partial charge in [-0.15, -0.1) is 0 Å². The first kappa shape index (κ1) is 15.8. The number of hydrogen-bond donors (Lipinski definition) is 1. The van der Waals surface area contributed by atoms with E-state index in [2.05, 4.69) is 12.2 Å². The summed E-state index contributed by atoms with van der Waals surface area (Å²) >= 11 is 0. The molecule has 1 saturated heterocycles. The Kier molecular flexibility index (Phi) is 4.74. The Bertz CT molecular complexity index is 455. The average molecular weight is 302 g/mol. The van der Waals surface area contributed by atoms with Crippen molar-refractivity contribution in [3.05, 3.63) is 0 Å². The Morgan fingerprint density at radius 1 is 1.20 bits per heavy atom. The highest BCUT2D eigenvalue weighted by Gasteiger charge is 2.34. The van der Waals surface area contributed by atoms with Crippen LogP contribution >= 0.6 is 0 Å². The van der Waals surface area contributed by atoms with Gasteiger partial charge in [-0.2, -0.15) is 0 Å². The van der Waals surface area contributed by atoms with E-state index in [-0.39, 0.29) is 17.4 Å². The number of carbonyl (C=O) groups excluding carboxylic acids is 1. The van der Waals surface area contributed by atoms with Crippen molar-refractivity contribution < 1.29 is 13.2 Å². The molecule has 0 bridgehead atoms. The van der Waals surface area contributed by atoms with Crippen LogP contribution < -0.4 is 5.32 Å². The van der Waals surface area contributed by atoms with E-state index in [0.29, 0.717) is 13.1 Å². The predicted octanol–water partition coefficient (Wildman–Crippen LogP) is 1.50. The normalized spacial score (nSPS) is 28.0. The fraction of sp³-hybridized carbons (Fsp3) is 0.929. The first-order chi connectivity index (χ1) is 9.30. The van der Waals surface area contributed by atoms with Crippen molar-refractivity contribution in [1.82, 2.24) is 9.62 Å². The van der Waals surface area contributed by atoms with Gasteiger partial charge in [0.2, 0.25) is 15.9 Å². The summed E-state index contributed by atoms with van der Waals surface area (Å²) in [5.41, 5.74) is -0.0945. The molecule has 2 aliphatic rings. The van der Waals surface area contributed by atoms with E-state index in [9.17, 15) is 13.2 Å². The Hall–Kier alpha value is -0.620. The molecule has 0 aromatic carbocycles. The third-order valence-electron chi connectivity index (χ3n) is 4.61. The molecular formula is C14H26N2O3S. The van der Waals surface area contributed by atoms with Crippen LogP contribution in [0.5, 0.6) is 0 Å². The van der Waals surface area contributed by atoms with Crippen molar-refractivity contribution >= 4 is 15.9 Å². The summed E-state index contributed by atoms with van der Waals surface area (Å²) in [5.74, 6) is -0.167. The van der Waals surface area contributed by atoms with Crippen molar-refractivity contribution in [2.24, 2.45) is 5.92 Å². The minimum absolute atomic E-state index is 0.0303. The van der Waals surface area contributed by atoms with E-state index in [1.165, 1.54) is 17.0 Å². The molecule has 1 aliphatic heterocycles. The monoisotopic (exact) mass is 302 g/mol. The van der Waals surface area contributed by atoms with Crippen LogP contribution in [0.2, 0.25) is 0 Å². The maximum atomic E-state index is 12.4. The predicted molar refractivity (Wildman–Crippen MR) is 78.8 cm³/mol. The summed E-state index contributed by atoms with van der Waals surface area (Å²) in [6, 6.07) is 0. The summed E-state index contributed by atoms with van der Waals surface area (Å²) in [6.45, 7) is 2.99. The van der Waals surface area contributed by atoms with Gasteiger partial charge >= 0.3 is 0 Å². The van der Waals surface area contributed by atoms with Crippen LogP contribution in [0.15, 0.2) is 0 Å². The molecule has 2 fully saturated rings. The fourth-order valence-corrected chi connectivity index (χ4v) is 4.23. The Morgan fingerprint density at radius 3 is 2.45 bits per heavy atom. The SMILES string of the molecule is CC1(NC(=O)[C@@H]2CCCN(S(C)(=O)=O)C2)CCCCC1. The van der Waals surface area contributed by atoms with Crippen molar-refractivity contribution in [1.29, 1.82) is 0 Å². The summed E-state index contributed by atoms with van der Waals surface area (Å²) in [6.07, 6.45) is 8.40. The second-order valence-electron chi connectivity index (χ2n) is 6.57. The first-order valence-electron chi connectivity index (χ1n) is 7.57. The van der Waals surface area contributed by atoms with E-state index < -0.39 is 10.0 Å². The number of amides is 1. The van der Waals surface area contributed by atoms with Crippen LogP contribution in [0.4, 0.5) is 0 Å². The van der Waals surface area contributed by atoms with Gasteiger partial charge in [-0.1, -0.05) is 19.3 Å². The summed E-state index contributed by atoms with van der Waals surface area (Å²) in [5, 5.41) is 3.18. The van der Waals surface area contributed by atoms with Gasteiger partial charge in [-0.25, -0.2) is 12.7 Å². The van der Waals surface area contributed by atoms with Crippen LogP contribution in [0.1, 0.15) is 51.9 Å². The topological polar surface area (TPSA) is 66.5 Å². The molecule has 1 saturated carbocycles. The third-order valence-corrected chi connectivity index (χ3v) is 5.88. The number of sulfonamides is 1. The largest absolute Gasteiger partial charge is 0.351 e. The molecule has 5 nitrogen and oxygen atoms in total. The molecule has 1 amide bonds. The van der Waals surface area contributed by atoms with Crippen LogP contribution in [0.3, 0.4) is 0 Å². The van der Waals surface area contributed by atoms with Gasteiger partial charge in [-0.3, -0.25) is 4.79 Å². The zero-order valence-corrected chi connectivity index (χ0v) is 13.3. The number of rotatable bonds is 3. The first-order valence-corrected chi connectivity index (χ1v) is 9.42. The molecule has 1 heterocycles. The molecule has 0 aromatic heterocycles. The lowest BCUT2D eigenvalue weighted by atomic mass is 9.82. The summed E-state index contributed by atoms with van der Waals surface area (Å²) in [7, 11) is -3.19. The minimum Gasteiger partial charge on any atom is -0.351 e. The number of piperidine rings is 1. The van der Waals surface area contributed by atoms with Gasteiger partial charge in [0, 0.05) is 18.6 Å². The average Bonchev–Trinajstić information content (AvgIpc) is 2.38. The number of nitrogens with zero attached hydrogens (tertiary/aromatic N) is 1. The van der Waals surface area contributed by atoms with Gasteiger partial charge < -0.3 is 5.32 Å². The van der Waals surface area contributed by atoms with E-state index in [0.717, 1.165) is 38.5 Å². The van der Waals surface area contributed by atoms with Gasteiger partial charge in [0.15, 0.2) is 0 Å². The standard InChI is InChI=1S/C14H26N2O3S/c1-14(8-4-3-5-9-14)15-13(17)12-7-6-10-16(11-12)20(2,18)19/h12H,3-11H2,1-2H3,(H,15,17)/t12-/m1/s1. The minimum atomic E-state index is -3.19. The van der Waals surface area contributed by atoms with Crippen molar-refractivity contribution in [3.8, 4) is 0 Å². The lowest BCUT2D eigenvalue weighted by Crippen LogP contribution is -2.52. The zero-order chi connectivity index (χ0) is 14.8. The summed E-state index contributed by atoms with van der Waals surface area (Å²) < 4.78 is 24.6. The number of hydrogen-bond acceptors (Lipinski definition) is 3. The lowest BCUT2D eigenvalue weighted by molar-refractivity contribution is -0.128. The van der Waals surface area contributed by atoms with Gasteiger partial charge in [0.1, 0.15) is 0 Å². The second-order valence-corrected chi connectivity index (χ2v) is 8.55. The maximum Gasteiger partial charge on any atom is 0.224 e. The van der Waals surface area contributed by atoms with Crippen LogP contribution in [0.25, 0.3) is 0 Å². The molecule has 2 rings (SSSR count). The van der Waals surface area contributed by atoms with Crippen LogP contribution in [0, 0.1) is 5.92 Å². The molecule has 0 unspecified atom stereocenters. The maximum absolute atomic E-state index is 12.4. The smallest absolute Gasteiger partial charge is 0.224 e. The lowest BCUT2D eigenvalue weighted by Gasteiger charge is -2.37. The molecule has 116 valence electrons. The third kappa shape index (κ3) is 3.95. The van der Waals surface area contributed by atoms with Crippen LogP contribution in [-0.2, 0) is 14.8 Å². The zero-order valence-electron chi connectivity index (χ0n) is 12.5. The number of carbonyl (C=O) groups is 1. The molecule has 6 heteroatoms. The highest BCUT2D eigenvalue weighted by molar-refractivity contribution is 7.88. The van der Waals surface area contributed by atoms with Gasteiger partial charge in [-0.05, 0) is 32.6 Å². The van der Waals surface area contributed by atoms with E-state index in [1.807, 2.05) is 0 Å². The molecule has 20 heavy (non-hydrogen) atoms. The second kappa shape index (κ2) is 6.02. The van der Waals surface area contributed by atoms with Gasteiger partial charge in [0.25, 0.3) is 0 Å². The summed E-state index contributed by atoms with van der Waals surface area (Å²) in [4.78, 5) is 12.4. The van der Waals surface area contributed by atoms with Gasteiger partial charge in [0.05, 0.1) is 12.2 Å². The highest BCUT2D eigenvalue weighted by Crippen LogP contribution is 2.28. The Balaban J connectivity index is 1.95. The van der Waals surface area contributed by atoms with Crippen molar-refractivity contribution in [3.63, 3.8) is 0 Å². The van der Waals surface area contributed by atoms with Crippen molar-refractivity contribution in [2.45, 2.75) is 57.4 Å². The Morgan fingerprint density at radius 2 is 1.85 bits per heavy atom. The molecule has 0 spiro atoms. The van der Waals surface area contributed by atoms with Crippen LogP contribution in [-0.4, -0.2) is 43.5 Å². The highest BCUT2D eigenvalue weighted by atomic mass is 32.2. The molecule has 1 aliphatic carbocycles.